The van der Waals surface area contributed by atoms with Gasteiger partial charge in [0.15, 0.2) is 11.5 Å². The number of carbonyl (C=O) groups is 1. The summed E-state index contributed by atoms with van der Waals surface area (Å²) >= 11 is 3.18. The molecule has 182 valence electrons. The number of benzene rings is 2. The van der Waals surface area contributed by atoms with Crippen molar-refractivity contribution < 1.29 is 22.5 Å². The van der Waals surface area contributed by atoms with Crippen molar-refractivity contribution in [1.82, 2.24) is 9.88 Å². The first-order valence-electron chi connectivity index (χ1n) is 11.1. The van der Waals surface area contributed by atoms with Gasteiger partial charge in [0.25, 0.3) is 5.91 Å². The van der Waals surface area contributed by atoms with Crippen LogP contribution >= 0.6 is 23.7 Å². The molecule has 9 heteroatoms. The third-order valence-corrected chi connectivity index (χ3v) is 6.95. The molecule has 0 saturated carbocycles. The largest absolute Gasteiger partial charge is 0.436 e. The first-order chi connectivity index (χ1) is 16.4. The lowest BCUT2D eigenvalue weighted by molar-refractivity contribution is -0.142. The maximum Gasteiger partial charge on any atom is 0.436 e. The van der Waals surface area contributed by atoms with Gasteiger partial charge in [0.2, 0.25) is 0 Å². The van der Waals surface area contributed by atoms with Crippen molar-refractivity contribution >= 4 is 29.6 Å². The van der Waals surface area contributed by atoms with Crippen molar-refractivity contribution in [3.63, 3.8) is 0 Å². The molecule has 0 atom stereocenters. The van der Waals surface area contributed by atoms with Crippen molar-refractivity contribution in [3.8, 4) is 11.3 Å². The highest BCUT2D eigenvalue weighted by atomic mass is 32.2. The van der Waals surface area contributed by atoms with E-state index in [2.05, 4.69) is 16.8 Å². The Morgan fingerprint density at radius 1 is 0.971 bits per heavy atom. The maximum absolute atomic E-state index is 12.7. The molecule has 0 aliphatic carbocycles. The van der Waals surface area contributed by atoms with Gasteiger partial charge in [-0.25, -0.2) is 0 Å². The molecule has 2 aromatic carbocycles. The zero-order valence-corrected chi connectivity index (χ0v) is 20.5. The Morgan fingerprint density at radius 3 is 2.21 bits per heavy atom. The third-order valence-electron chi connectivity index (χ3n) is 5.06. The lowest BCUT2D eigenvalue weighted by atomic mass is 10.1. The highest BCUT2D eigenvalue weighted by molar-refractivity contribution is 7.98. The van der Waals surface area contributed by atoms with E-state index in [1.165, 1.54) is 31.2 Å². The lowest BCUT2D eigenvalue weighted by Gasteiger charge is -2.06. The third kappa shape index (κ3) is 8.13. The van der Waals surface area contributed by atoms with Gasteiger partial charge in [0.05, 0.1) is 0 Å². The van der Waals surface area contributed by atoms with E-state index in [1.54, 1.807) is 23.9 Å². The highest BCUT2D eigenvalue weighted by Gasteiger charge is 2.35. The molecule has 0 saturated heterocycles. The van der Waals surface area contributed by atoms with Gasteiger partial charge < -0.3 is 4.52 Å². The molecule has 0 unspecified atom stereocenters. The van der Waals surface area contributed by atoms with Crippen LogP contribution in [0.15, 0.2) is 59.1 Å². The second-order valence-corrected chi connectivity index (χ2v) is 9.69. The van der Waals surface area contributed by atoms with Crippen LogP contribution in [-0.4, -0.2) is 16.8 Å². The first kappa shape index (κ1) is 26.2. The number of nitrogens with one attached hydrogen (secondary N) is 1. The summed E-state index contributed by atoms with van der Waals surface area (Å²) in [7, 11) is 0. The number of rotatable bonds is 12. The normalized spacial score (nSPS) is 11.5. The molecular weight excluding hydrogens is 481 g/mol. The van der Waals surface area contributed by atoms with Crippen LogP contribution in [0, 0.1) is 0 Å². The van der Waals surface area contributed by atoms with E-state index in [-0.39, 0.29) is 11.7 Å². The van der Waals surface area contributed by atoms with Gasteiger partial charge in [-0.2, -0.15) is 24.9 Å². The summed E-state index contributed by atoms with van der Waals surface area (Å²) in [5.41, 5.74) is 2.33. The summed E-state index contributed by atoms with van der Waals surface area (Å²) in [4.78, 5) is 12.2. The molecule has 34 heavy (non-hydrogen) atoms. The number of hydrogen-bond acceptors (Lipinski definition) is 5. The number of alkyl halides is 3. The van der Waals surface area contributed by atoms with Crippen LogP contribution in [-0.2, 0) is 17.7 Å². The van der Waals surface area contributed by atoms with Crippen molar-refractivity contribution in [2.75, 3.05) is 5.75 Å². The fourth-order valence-electron chi connectivity index (χ4n) is 3.13. The van der Waals surface area contributed by atoms with Crippen molar-refractivity contribution in [2.24, 2.45) is 0 Å². The lowest BCUT2D eigenvalue weighted by Crippen LogP contribution is -2.16. The standard InChI is InChI=1S/C25H27F3N2O2S2/c1-2-3-4-5-14-34-30-24(31)21-12-8-19(9-13-21)17-33-16-18-6-10-20(11-7-18)22-15-23(29-32-22)25(26,27)28/h6-13,15H,2-5,14,16-17H2,1H3,(H,30,31). The summed E-state index contributed by atoms with van der Waals surface area (Å²) in [5.74, 6) is 2.47. The Hall–Kier alpha value is -2.39. The minimum absolute atomic E-state index is 0.0751. The van der Waals surface area contributed by atoms with E-state index in [4.69, 9.17) is 4.52 Å². The van der Waals surface area contributed by atoms with Gasteiger partial charge in [-0.3, -0.25) is 9.52 Å². The predicted molar refractivity (Wildman–Crippen MR) is 132 cm³/mol. The Kier molecular flexibility index (Phi) is 9.95. The van der Waals surface area contributed by atoms with Crippen molar-refractivity contribution in [2.45, 2.75) is 50.3 Å². The summed E-state index contributed by atoms with van der Waals surface area (Å²) in [6.07, 6.45) is 0.213. The smallest absolute Gasteiger partial charge is 0.356 e. The number of thioether (sulfide) groups is 1. The van der Waals surface area contributed by atoms with E-state index in [0.717, 1.165) is 40.9 Å². The first-order valence-corrected chi connectivity index (χ1v) is 13.2. The number of unbranched alkanes of at least 4 members (excludes halogenated alkanes) is 3. The van der Waals surface area contributed by atoms with Crippen LogP contribution in [0.1, 0.15) is 59.8 Å². The molecule has 1 aromatic heterocycles. The average Bonchev–Trinajstić information content (AvgIpc) is 3.33. The van der Waals surface area contributed by atoms with Gasteiger partial charge in [-0.1, -0.05) is 79.7 Å². The number of amides is 1. The van der Waals surface area contributed by atoms with Gasteiger partial charge in [0.1, 0.15) is 0 Å². The molecule has 0 bridgehead atoms. The summed E-state index contributed by atoms with van der Waals surface area (Å²) < 4.78 is 45.7. The fraction of sp³-hybridized carbons (Fsp3) is 0.360. The molecule has 4 nitrogen and oxygen atoms in total. The molecule has 1 heterocycles. The molecule has 1 amide bonds. The van der Waals surface area contributed by atoms with Gasteiger partial charge in [-0.05, 0) is 29.7 Å². The molecule has 3 aromatic rings. The molecule has 3 rings (SSSR count). The van der Waals surface area contributed by atoms with Gasteiger partial charge >= 0.3 is 6.18 Å². The van der Waals surface area contributed by atoms with Crippen molar-refractivity contribution in [3.05, 3.63) is 77.0 Å². The molecule has 0 aliphatic rings. The zero-order chi connectivity index (χ0) is 24.4. The monoisotopic (exact) mass is 508 g/mol. The van der Waals surface area contributed by atoms with E-state index in [0.29, 0.717) is 11.1 Å². The SMILES string of the molecule is CCCCCCSNC(=O)c1ccc(CSCc2ccc(-c3cc(C(F)(F)F)no3)cc2)cc1. The number of aromatic nitrogens is 1. The van der Waals surface area contributed by atoms with Crippen LogP contribution in [0.4, 0.5) is 13.2 Å². The quantitative estimate of drug-likeness (QED) is 0.200. The second kappa shape index (κ2) is 12.9. The van der Waals surface area contributed by atoms with Crippen LogP contribution in [0.2, 0.25) is 0 Å². The van der Waals surface area contributed by atoms with E-state index < -0.39 is 11.9 Å². The van der Waals surface area contributed by atoms with E-state index in [1.807, 2.05) is 36.4 Å². The fourth-order valence-corrected chi connectivity index (χ4v) is 4.78. The summed E-state index contributed by atoms with van der Waals surface area (Å²) in [5, 5.41) is 3.08. The number of hydrogen-bond donors (Lipinski definition) is 1. The Balaban J connectivity index is 1.41. The van der Waals surface area contributed by atoms with Crippen LogP contribution in [0.3, 0.4) is 0 Å². The van der Waals surface area contributed by atoms with Crippen LogP contribution in [0.5, 0.6) is 0 Å². The minimum Gasteiger partial charge on any atom is -0.356 e. The number of carbonyl (C=O) groups excluding carboxylic acids is 1. The second-order valence-electron chi connectivity index (χ2n) is 7.80. The summed E-state index contributed by atoms with van der Waals surface area (Å²) in [6, 6.07) is 15.7. The average molecular weight is 509 g/mol. The number of halogens is 3. The maximum atomic E-state index is 12.7. The molecule has 0 radical (unpaired) electrons. The summed E-state index contributed by atoms with van der Waals surface area (Å²) in [6.45, 7) is 2.18. The molecular formula is C25H27F3N2O2S2. The molecule has 0 aliphatic heterocycles. The molecule has 1 N–H and O–H groups in total. The van der Waals surface area contributed by atoms with Gasteiger partial charge in [-0.15, -0.1) is 0 Å². The Morgan fingerprint density at radius 2 is 1.62 bits per heavy atom. The Bertz CT molecular complexity index is 1040. The molecule has 0 spiro atoms. The topological polar surface area (TPSA) is 55.1 Å². The van der Waals surface area contributed by atoms with Crippen LogP contribution in [0.25, 0.3) is 11.3 Å². The highest BCUT2D eigenvalue weighted by Crippen LogP contribution is 2.32. The van der Waals surface area contributed by atoms with Gasteiger partial charge in [0, 0.05) is 34.5 Å². The predicted octanol–water partition coefficient (Wildman–Crippen LogP) is 7.75. The van der Waals surface area contributed by atoms with Crippen molar-refractivity contribution in [1.29, 1.82) is 0 Å². The number of nitrogens with zero attached hydrogens (tertiary/aromatic N) is 1. The van der Waals surface area contributed by atoms with E-state index in [9.17, 15) is 18.0 Å². The molecule has 0 fully saturated rings. The Labute approximate surface area is 206 Å². The van der Waals surface area contributed by atoms with Crippen LogP contribution < -0.4 is 4.72 Å². The van der Waals surface area contributed by atoms with E-state index >= 15 is 0 Å². The zero-order valence-electron chi connectivity index (χ0n) is 18.9. The minimum atomic E-state index is -4.52.